The quantitative estimate of drug-likeness (QED) is 0.756. The Balaban J connectivity index is 1.79. The van der Waals surface area contributed by atoms with Gasteiger partial charge in [0.15, 0.2) is 5.78 Å². The van der Waals surface area contributed by atoms with Crippen LogP contribution in [0.3, 0.4) is 0 Å². The molecule has 27 heavy (non-hydrogen) atoms. The number of ether oxygens (including phenoxy) is 1. The molecule has 2 aromatic carbocycles. The van der Waals surface area contributed by atoms with Gasteiger partial charge in [-0.2, -0.15) is 0 Å². The molecule has 1 fully saturated rings. The predicted octanol–water partition coefficient (Wildman–Crippen LogP) is 3.91. The number of hydrogen-bond acceptors (Lipinski definition) is 5. The van der Waals surface area contributed by atoms with Crippen molar-refractivity contribution in [2.45, 2.75) is 45.2 Å². The number of ketones is 1. The van der Waals surface area contributed by atoms with Crippen molar-refractivity contribution < 1.29 is 19.7 Å². The first-order valence-corrected chi connectivity index (χ1v) is 9.43. The van der Waals surface area contributed by atoms with Crippen LogP contribution in [0.15, 0.2) is 36.4 Å². The molecule has 0 spiro atoms. The number of likely N-dealkylation sites (tertiary alicyclic amines) is 1. The largest absolute Gasteiger partial charge is 0.507 e. The Morgan fingerprint density at radius 3 is 2.56 bits per heavy atom. The summed E-state index contributed by atoms with van der Waals surface area (Å²) in [6, 6.07) is 10.7. The van der Waals surface area contributed by atoms with Gasteiger partial charge >= 0.3 is 0 Å². The fraction of sp³-hybridized carbons (Fsp3) is 0.409. The topological polar surface area (TPSA) is 70.0 Å². The van der Waals surface area contributed by atoms with Crippen molar-refractivity contribution in [3.05, 3.63) is 53.1 Å². The van der Waals surface area contributed by atoms with Crippen molar-refractivity contribution in [3.63, 3.8) is 0 Å². The van der Waals surface area contributed by atoms with E-state index >= 15 is 0 Å². The van der Waals surface area contributed by atoms with Crippen LogP contribution in [0.5, 0.6) is 17.2 Å². The number of carbonyl (C=O) groups is 1. The molecule has 2 N–H and O–H groups in total. The molecule has 0 aromatic heterocycles. The summed E-state index contributed by atoms with van der Waals surface area (Å²) in [5.41, 5.74) is 1.53. The summed E-state index contributed by atoms with van der Waals surface area (Å²) in [5, 5.41) is 20.9. The van der Waals surface area contributed by atoms with Crippen molar-refractivity contribution >= 4 is 5.78 Å². The number of carbonyl (C=O) groups excluding carboxylic acids is 1. The van der Waals surface area contributed by atoms with Crippen molar-refractivity contribution in [1.29, 1.82) is 0 Å². The van der Waals surface area contributed by atoms with E-state index in [0.717, 1.165) is 30.7 Å². The summed E-state index contributed by atoms with van der Waals surface area (Å²) in [7, 11) is 1.60. The molecule has 1 aliphatic heterocycles. The van der Waals surface area contributed by atoms with E-state index < -0.39 is 0 Å². The molecule has 0 aliphatic carbocycles. The van der Waals surface area contributed by atoms with Gasteiger partial charge in [-0.25, -0.2) is 0 Å². The molecule has 0 amide bonds. The van der Waals surface area contributed by atoms with Crippen molar-refractivity contribution in [1.82, 2.24) is 4.90 Å². The van der Waals surface area contributed by atoms with E-state index in [1.54, 1.807) is 7.11 Å². The molecule has 5 heteroatoms. The molecular weight excluding hydrogens is 342 g/mol. The molecule has 2 aromatic rings. The fourth-order valence-electron chi connectivity index (χ4n) is 3.63. The van der Waals surface area contributed by atoms with E-state index in [1.807, 2.05) is 24.3 Å². The highest BCUT2D eigenvalue weighted by Gasteiger charge is 2.23. The third-order valence-electron chi connectivity index (χ3n) is 5.38. The summed E-state index contributed by atoms with van der Waals surface area (Å²) in [5.74, 6) is 0.486. The minimum Gasteiger partial charge on any atom is -0.507 e. The van der Waals surface area contributed by atoms with Crippen LogP contribution in [-0.2, 0) is 13.0 Å². The van der Waals surface area contributed by atoms with Gasteiger partial charge in [0.2, 0.25) is 0 Å². The average molecular weight is 369 g/mol. The van der Waals surface area contributed by atoms with E-state index in [4.69, 9.17) is 4.74 Å². The van der Waals surface area contributed by atoms with Crippen LogP contribution < -0.4 is 4.74 Å². The van der Waals surface area contributed by atoms with Crippen molar-refractivity contribution in [2.24, 2.45) is 0 Å². The highest BCUT2D eigenvalue weighted by Crippen LogP contribution is 2.34. The summed E-state index contributed by atoms with van der Waals surface area (Å²) >= 11 is 0. The lowest BCUT2D eigenvalue weighted by molar-refractivity contribution is 0.0989. The summed E-state index contributed by atoms with van der Waals surface area (Å²) in [6.07, 6.45) is 3.61. The Bertz CT molecular complexity index is 801. The number of methoxy groups -OCH3 is 1. The highest BCUT2D eigenvalue weighted by molar-refractivity contribution is 6.00. The molecular formula is C22H27NO4. The molecule has 0 unspecified atom stereocenters. The Morgan fingerprint density at radius 2 is 1.89 bits per heavy atom. The fourth-order valence-corrected chi connectivity index (χ4v) is 3.63. The second-order valence-corrected chi connectivity index (χ2v) is 7.22. The van der Waals surface area contributed by atoms with Gasteiger partial charge in [0.1, 0.15) is 17.2 Å². The van der Waals surface area contributed by atoms with E-state index in [2.05, 4.69) is 11.8 Å². The SMILES string of the molecule is COc1ccc(CC(=O)c2ccc(O)c(CN3CCCC[C@H]3C)c2O)cc1. The zero-order valence-electron chi connectivity index (χ0n) is 15.9. The van der Waals surface area contributed by atoms with Gasteiger partial charge in [-0.15, -0.1) is 0 Å². The Kier molecular flexibility index (Phi) is 6.01. The third-order valence-corrected chi connectivity index (χ3v) is 5.38. The molecule has 5 nitrogen and oxygen atoms in total. The number of nitrogens with zero attached hydrogens (tertiary/aromatic N) is 1. The van der Waals surface area contributed by atoms with Crippen LogP contribution in [-0.4, -0.2) is 40.6 Å². The highest BCUT2D eigenvalue weighted by atomic mass is 16.5. The summed E-state index contributed by atoms with van der Waals surface area (Å²) in [6.45, 7) is 3.54. The van der Waals surface area contributed by atoms with Crippen LogP contribution >= 0.6 is 0 Å². The molecule has 1 aliphatic rings. The molecule has 1 saturated heterocycles. The van der Waals surface area contributed by atoms with Crippen LogP contribution in [0.25, 0.3) is 0 Å². The van der Waals surface area contributed by atoms with Gasteiger partial charge in [0.25, 0.3) is 0 Å². The number of aromatic hydroxyl groups is 2. The second kappa shape index (κ2) is 8.44. The first-order valence-electron chi connectivity index (χ1n) is 9.43. The summed E-state index contributed by atoms with van der Waals surface area (Å²) < 4.78 is 5.13. The maximum Gasteiger partial charge on any atom is 0.170 e. The van der Waals surface area contributed by atoms with Crippen LogP contribution in [0, 0.1) is 0 Å². The second-order valence-electron chi connectivity index (χ2n) is 7.22. The van der Waals surface area contributed by atoms with E-state index in [9.17, 15) is 15.0 Å². The Morgan fingerprint density at radius 1 is 1.15 bits per heavy atom. The smallest absolute Gasteiger partial charge is 0.170 e. The van der Waals surface area contributed by atoms with Crippen LogP contribution in [0.2, 0.25) is 0 Å². The zero-order chi connectivity index (χ0) is 19.4. The molecule has 0 saturated carbocycles. The molecule has 0 radical (unpaired) electrons. The molecule has 144 valence electrons. The number of phenols is 2. The van der Waals surface area contributed by atoms with Crippen LogP contribution in [0.4, 0.5) is 0 Å². The van der Waals surface area contributed by atoms with Gasteiger partial charge in [-0.3, -0.25) is 9.69 Å². The van der Waals surface area contributed by atoms with Crippen molar-refractivity contribution in [3.8, 4) is 17.2 Å². The number of phenolic OH excluding ortho intramolecular Hbond substituents is 2. The molecule has 1 heterocycles. The number of hydrogen-bond donors (Lipinski definition) is 2. The van der Waals surface area contributed by atoms with Crippen LogP contribution in [0.1, 0.15) is 47.7 Å². The maximum atomic E-state index is 12.7. The Labute approximate surface area is 160 Å². The number of benzene rings is 2. The van der Waals surface area contributed by atoms with Gasteiger partial charge < -0.3 is 14.9 Å². The lowest BCUT2D eigenvalue weighted by atomic mass is 9.97. The van der Waals surface area contributed by atoms with E-state index in [1.165, 1.54) is 18.6 Å². The molecule has 1 atom stereocenters. The van der Waals surface area contributed by atoms with Gasteiger partial charge in [0.05, 0.1) is 18.2 Å². The lowest BCUT2D eigenvalue weighted by Gasteiger charge is -2.33. The summed E-state index contributed by atoms with van der Waals surface area (Å²) in [4.78, 5) is 15.0. The maximum absolute atomic E-state index is 12.7. The van der Waals surface area contributed by atoms with E-state index in [-0.39, 0.29) is 29.3 Å². The zero-order valence-corrected chi connectivity index (χ0v) is 15.9. The monoisotopic (exact) mass is 369 g/mol. The van der Waals surface area contributed by atoms with Crippen molar-refractivity contribution in [2.75, 3.05) is 13.7 Å². The first kappa shape index (κ1) is 19.2. The predicted molar refractivity (Wildman–Crippen MR) is 105 cm³/mol. The normalized spacial score (nSPS) is 17.6. The van der Waals surface area contributed by atoms with Gasteiger partial charge in [-0.1, -0.05) is 18.6 Å². The minimum absolute atomic E-state index is 0.0336. The average Bonchev–Trinajstić information content (AvgIpc) is 2.67. The third kappa shape index (κ3) is 4.42. The number of rotatable bonds is 6. The van der Waals surface area contributed by atoms with Gasteiger partial charge in [-0.05, 0) is 56.1 Å². The first-order chi connectivity index (χ1) is 13.0. The Hall–Kier alpha value is -2.53. The molecule has 0 bridgehead atoms. The number of Topliss-reactive ketones (excluding diaryl/α,β-unsaturated/α-hetero) is 1. The minimum atomic E-state index is -0.175. The van der Waals surface area contributed by atoms with Gasteiger partial charge in [0, 0.05) is 19.0 Å². The molecule has 3 rings (SSSR count). The lowest BCUT2D eigenvalue weighted by Crippen LogP contribution is -2.36. The number of piperidine rings is 1. The standard InChI is InChI=1S/C22H27NO4/c1-15-5-3-4-12-23(15)14-19-20(24)11-10-18(22(19)26)21(25)13-16-6-8-17(27-2)9-7-16/h6-11,15,24,26H,3-5,12-14H2,1-2H3/t15-/m1/s1. The van der Waals surface area contributed by atoms with E-state index in [0.29, 0.717) is 18.2 Å².